The first-order valence-corrected chi connectivity index (χ1v) is 6.35. The number of hydrogen-bond acceptors (Lipinski definition) is 3. The highest BCUT2D eigenvalue weighted by molar-refractivity contribution is 4.68. The summed E-state index contributed by atoms with van der Waals surface area (Å²) in [5, 5.41) is 2.32. The lowest BCUT2D eigenvalue weighted by Gasteiger charge is -2.32. The third-order valence-electron chi connectivity index (χ3n) is 3.25. The normalized spacial score (nSPS) is 22.6. The number of hydrazine groups is 1. The zero-order valence-electron chi connectivity index (χ0n) is 10.5. The zero-order chi connectivity index (χ0) is 11.1. The van der Waals surface area contributed by atoms with Crippen molar-refractivity contribution in [3.05, 3.63) is 0 Å². The van der Waals surface area contributed by atoms with Gasteiger partial charge in [0.25, 0.3) is 0 Å². The summed E-state index contributed by atoms with van der Waals surface area (Å²) >= 11 is 0. The molecule has 0 spiro atoms. The lowest BCUT2D eigenvalue weighted by Crippen LogP contribution is -2.50. The molecule has 1 heterocycles. The van der Waals surface area contributed by atoms with E-state index >= 15 is 0 Å². The Morgan fingerprint density at radius 2 is 1.87 bits per heavy atom. The highest BCUT2D eigenvalue weighted by Gasteiger charge is 2.15. The second-order valence-electron chi connectivity index (χ2n) is 4.58. The third-order valence-corrected chi connectivity index (χ3v) is 3.25. The molecule has 2 unspecified atom stereocenters. The van der Waals surface area contributed by atoms with E-state index in [4.69, 9.17) is 4.74 Å². The van der Waals surface area contributed by atoms with Crippen LogP contribution in [-0.4, -0.2) is 37.4 Å². The van der Waals surface area contributed by atoms with Gasteiger partial charge in [-0.1, -0.05) is 27.2 Å². The first-order chi connectivity index (χ1) is 7.26. The topological polar surface area (TPSA) is 24.5 Å². The zero-order valence-corrected chi connectivity index (χ0v) is 10.5. The van der Waals surface area contributed by atoms with E-state index in [-0.39, 0.29) is 0 Å². The highest BCUT2D eigenvalue weighted by atomic mass is 16.5. The Hall–Kier alpha value is -0.120. The van der Waals surface area contributed by atoms with Crippen LogP contribution >= 0.6 is 0 Å². The summed E-state index contributed by atoms with van der Waals surface area (Å²) in [5.41, 5.74) is 3.62. The fourth-order valence-electron chi connectivity index (χ4n) is 1.91. The van der Waals surface area contributed by atoms with Crippen molar-refractivity contribution in [2.24, 2.45) is 5.92 Å². The molecule has 0 aromatic carbocycles. The van der Waals surface area contributed by atoms with Crippen molar-refractivity contribution < 1.29 is 4.74 Å². The Labute approximate surface area is 94.1 Å². The van der Waals surface area contributed by atoms with Crippen molar-refractivity contribution in [3.63, 3.8) is 0 Å². The molecule has 0 aliphatic carbocycles. The molecule has 1 N–H and O–H groups in total. The van der Waals surface area contributed by atoms with Crippen LogP contribution in [0.1, 0.15) is 40.0 Å². The van der Waals surface area contributed by atoms with Crippen LogP contribution in [-0.2, 0) is 4.74 Å². The molecule has 0 saturated carbocycles. The fraction of sp³-hybridized carbons (Fsp3) is 1.00. The summed E-state index contributed by atoms with van der Waals surface area (Å²) in [6.07, 6.45) is 3.77. The number of nitrogens with zero attached hydrogens (tertiary/aromatic N) is 1. The SMILES string of the molecule is CCC(C)CC(CC)NN1CCOCC1. The molecule has 1 aliphatic rings. The Bertz CT molecular complexity index is 158. The molecule has 1 aliphatic heterocycles. The van der Waals surface area contributed by atoms with Crippen molar-refractivity contribution in [1.29, 1.82) is 0 Å². The molecular formula is C12H26N2O. The Balaban J connectivity index is 2.25. The van der Waals surface area contributed by atoms with Gasteiger partial charge < -0.3 is 4.74 Å². The van der Waals surface area contributed by atoms with Gasteiger partial charge in [0.1, 0.15) is 0 Å². The van der Waals surface area contributed by atoms with E-state index in [0.29, 0.717) is 6.04 Å². The number of hydrogen-bond donors (Lipinski definition) is 1. The maximum Gasteiger partial charge on any atom is 0.0608 e. The molecule has 15 heavy (non-hydrogen) atoms. The largest absolute Gasteiger partial charge is 0.379 e. The second-order valence-corrected chi connectivity index (χ2v) is 4.58. The maximum atomic E-state index is 5.34. The minimum Gasteiger partial charge on any atom is -0.379 e. The van der Waals surface area contributed by atoms with Crippen LogP contribution in [0, 0.1) is 5.92 Å². The Morgan fingerprint density at radius 1 is 1.20 bits per heavy atom. The van der Waals surface area contributed by atoms with Gasteiger partial charge in [0.15, 0.2) is 0 Å². The molecule has 1 fully saturated rings. The lowest BCUT2D eigenvalue weighted by atomic mass is 9.98. The molecule has 90 valence electrons. The molecule has 0 amide bonds. The van der Waals surface area contributed by atoms with Gasteiger partial charge in [0.05, 0.1) is 13.2 Å². The molecular weight excluding hydrogens is 188 g/mol. The smallest absolute Gasteiger partial charge is 0.0608 e. The van der Waals surface area contributed by atoms with Crippen molar-refractivity contribution in [3.8, 4) is 0 Å². The van der Waals surface area contributed by atoms with E-state index in [1.54, 1.807) is 0 Å². The molecule has 1 saturated heterocycles. The van der Waals surface area contributed by atoms with Gasteiger partial charge in [-0.25, -0.2) is 5.01 Å². The van der Waals surface area contributed by atoms with Crippen LogP contribution in [0.2, 0.25) is 0 Å². The third kappa shape index (κ3) is 4.96. The number of nitrogens with one attached hydrogen (secondary N) is 1. The van der Waals surface area contributed by atoms with Gasteiger partial charge in [-0.15, -0.1) is 0 Å². The van der Waals surface area contributed by atoms with Crippen molar-refractivity contribution in [1.82, 2.24) is 10.4 Å². The Kier molecular flexibility index (Phi) is 6.22. The summed E-state index contributed by atoms with van der Waals surface area (Å²) in [7, 11) is 0. The predicted molar refractivity (Wildman–Crippen MR) is 63.7 cm³/mol. The van der Waals surface area contributed by atoms with Crippen LogP contribution in [0.25, 0.3) is 0 Å². The molecule has 2 atom stereocenters. The highest BCUT2D eigenvalue weighted by Crippen LogP contribution is 2.12. The van der Waals surface area contributed by atoms with E-state index in [0.717, 1.165) is 32.2 Å². The van der Waals surface area contributed by atoms with Crippen LogP contribution in [0.5, 0.6) is 0 Å². The fourth-order valence-corrected chi connectivity index (χ4v) is 1.91. The van der Waals surface area contributed by atoms with Gasteiger partial charge >= 0.3 is 0 Å². The lowest BCUT2D eigenvalue weighted by molar-refractivity contribution is 0.00129. The molecule has 0 bridgehead atoms. The van der Waals surface area contributed by atoms with Gasteiger partial charge in [-0.05, 0) is 18.8 Å². The molecule has 3 nitrogen and oxygen atoms in total. The maximum absolute atomic E-state index is 5.34. The van der Waals surface area contributed by atoms with Gasteiger partial charge in [0.2, 0.25) is 0 Å². The van der Waals surface area contributed by atoms with Crippen LogP contribution in [0.4, 0.5) is 0 Å². The van der Waals surface area contributed by atoms with Gasteiger partial charge in [-0.2, -0.15) is 0 Å². The monoisotopic (exact) mass is 214 g/mol. The first kappa shape index (κ1) is 12.9. The first-order valence-electron chi connectivity index (χ1n) is 6.35. The second kappa shape index (κ2) is 7.20. The minimum atomic E-state index is 0.637. The summed E-state index contributed by atoms with van der Waals surface area (Å²) < 4.78 is 5.34. The summed E-state index contributed by atoms with van der Waals surface area (Å²) in [6.45, 7) is 10.7. The summed E-state index contributed by atoms with van der Waals surface area (Å²) in [6, 6.07) is 0.637. The number of morpholine rings is 1. The average molecular weight is 214 g/mol. The van der Waals surface area contributed by atoms with Crippen LogP contribution in [0.3, 0.4) is 0 Å². The predicted octanol–water partition coefficient (Wildman–Crippen LogP) is 2.04. The standard InChI is InChI=1S/C12H26N2O/c1-4-11(3)10-12(5-2)13-14-6-8-15-9-7-14/h11-13H,4-10H2,1-3H3. The number of ether oxygens (including phenoxy) is 1. The van der Waals surface area contributed by atoms with Crippen LogP contribution in [0.15, 0.2) is 0 Å². The van der Waals surface area contributed by atoms with E-state index in [1.165, 1.54) is 19.3 Å². The molecule has 3 heteroatoms. The molecule has 0 radical (unpaired) electrons. The van der Waals surface area contributed by atoms with Crippen LogP contribution < -0.4 is 5.43 Å². The van der Waals surface area contributed by atoms with E-state index < -0.39 is 0 Å². The van der Waals surface area contributed by atoms with E-state index in [1.807, 2.05) is 0 Å². The minimum absolute atomic E-state index is 0.637. The summed E-state index contributed by atoms with van der Waals surface area (Å²) in [5.74, 6) is 0.823. The van der Waals surface area contributed by atoms with E-state index in [9.17, 15) is 0 Å². The molecule has 0 aromatic heterocycles. The van der Waals surface area contributed by atoms with Gasteiger partial charge in [-0.3, -0.25) is 5.43 Å². The summed E-state index contributed by atoms with van der Waals surface area (Å²) in [4.78, 5) is 0. The van der Waals surface area contributed by atoms with Gasteiger partial charge in [0, 0.05) is 19.1 Å². The van der Waals surface area contributed by atoms with Crippen molar-refractivity contribution >= 4 is 0 Å². The van der Waals surface area contributed by atoms with E-state index in [2.05, 4.69) is 31.2 Å². The average Bonchev–Trinajstić information content (AvgIpc) is 2.29. The molecule has 0 aromatic rings. The van der Waals surface area contributed by atoms with Crippen molar-refractivity contribution in [2.45, 2.75) is 46.1 Å². The quantitative estimate of drug-likeness (QED) is 0.732. The number of rotatable bonds is 6. The van der Waals surface area contributed by atoms with Crippen molar-refractivity contribution in [2.75, 3.05) is 26.3 Å². The molecule has 1 rings (SSSR count). The Morgan fingerprint density at radius 3 is 2.40 bits per heavy atom.